The fourth-order valence-corrected chi connectivity index (χ4v) is 2.46. The highest BCUT2D eigenvalue weighted by atomic mass is 16.6. The number of ether oxygens (including phenoxy) is 3. The van der Waals surface area contributed by atoms with Gasteiger partial charge in [-0.3, -0.25) is 14.9 Å². The summed E-state index contributed by atoms with van der Waals surface area (Å²) in [6, 6.07) is 12.0. The molecule has 0 fully saturated rings. The molecule has 0 aromatic heterocycles. The highest BCUT2D eigenvalue weighted by Crippen LogP contribution is 2.27. The van der Waals surface area contributed by atoms with Crippen LogP contribution in [0.3, 0.4) is 0 Å². The molecule has 3 amide bonds. The van der Waals surface area contributed by atoms with Gasteiger partial charge < -0.3 is 19.5 Å². The third-order valence-corrected chi connectivity index (χ3v) is 3.83. The van der Waals surface area contributed by atoms with Gasteiger partial charge in [-0.05, 0) is 25.1 Å². The lowest BCUT2D eigenvalue weighted by molar-refractivity contribution is -0.158. The summed E-state index contributed by atoms with van der Waals surface area (Å²) in [5.74, 6) is -1.14. The van der Waals surface area contributed by atoms with E-state index in [1.54, 1.807) is 37.3 Å². The number of urea groups is 1. The second-order valence-electron chi connectivity index (χ2n) is 5.95. The van der Waals surface area contributed by atoms with E-state index in [0.717, 1.165) is 0 Å². The zero-order valence-electron chi connectivity index (χ0n) is 16.5. The Balaban J connectivity index is 2.08. The minimum Gasteiger partial charge on any atom is -0.493 e. The van der Waals surface area contributed by atoms with Crippen molar-refractivity contribution in [3.05, 3.63) is 59.7 Å². The maximum absolute atomic E-state index is 12.5. The minimum atomic E-state index is -1.34. The van der Waals surface area contributed by atoms with Crippen LogP contribution in [-0.4, -0.2) is 44.5 Å². The maximum atomic E-state index is 12.5. The van der Waals surface area contributed by atoms with Crippen LogP contribution in [0.5, 0.6) is 11.5 Å². The van der Waals surface area contributed by atoms with Crippen molar-refractivity contribution in [2.75, 3.05) is 20.3 Å². The Hall–Kier alpha value is -3.88. The van der Waals surface area contributed by atoms with Crippen LogP contribution in [0.4, 0.5) is 4.79 Å². The smallest absolute Gasteiger partial charge is 0.345 e. The molecule has 1 atom stereocenters. The molecule has 0 saturated carbocycles. The summed E-state index contributed by atoms with van der Waals surface area (Å²) in [6.45, 7) is 1.51. The SMILES string of the molecule is CCNC(=O)NC(=O)[C@H](OC(=O)COc1ccc(C=O)cc1OC)c1ccccc1. The monoisotopic (exact) mass is 414 g/mol. The van der Waals surface area contributed by atoms with E-state index < -0.39 is 30.6 Å². The molecule has 158 valence electrons. The normalized spacial score (nSPS) is 11.0. The number of aldehydes is 1. The van der Waals surface area contributed by atoms with E-state index in [1.165, 1.54) is 25.3 Å². The van der Waals surface area contributed by atoms with Crippen molar-refractivity contribution in [3.8, 4) is 11.5 Å². The summed E-state index contributed by atoms with van der Waals surface area (Å²) in [7, 11) is 1.40. The summed E-state index contributed by atoms with van der Waals surface area (Å²) in [5.41, 5.74) is 0.772. The van der Waals surface area contributed by atoms with Gasteiger partial charge in [0.2, 0.25) is 6.10 Å². The summed E-state index contributed by atoms with van der Waals surface area (Å²) in [6.07, 6.45) is -0.692. The Morgan fingerprint density at radius 1 is 1.07 bits per heavy atom. The predicted molar refractivity (Wildman–Crippen MR) is 106 cm³/mol. The molecule has 2 rings (SSSR count). The first kappa shape index (κ1) is 22.4. The number of esters is 1. The van der Waals surface area contributed by atoms with Crippen LogP contribution >= 0.6 is 0 Å². The summed E-state index contributed by atoms with van der Waals surface area (Å²) >= 11 is 0. The van der Waals surface area contributed by atoms with Crippen molar-refractivity contribution in [1.29, 1.82) is 0 Å². The third-order valence-electron chi connectivity index (χ3n) is 3.83. The molecule has 2 aromatic rings. The van der Waals surface area contributed by atoms with Crippen LogP contribution in [0.15, 0.2) is 48.5 Å². The number of nitrogens with one attached hydrogen (secondary N) is 2. The molecule has 9 heteroatoms. The van der Waals surface area contributed by atoms with Crippen LogP contribution in [-0.2, 0) is 14.3 Å². The molecule has 0 aliphatic heterocycles. The van der Waals surface area contributed by atoms with Gasteiger partial charge in [0.15, 0.2) is 18.1 Å². The van der Waals surface area contributed by atoms with E-state index in [2.05, 4.69) is 10.6 Å². The van der Waals surface area contributed by atoms with Gasteiger partial charge in [-0.25, -0.2) is 9.59 Å². The molecule has 30 heavy (non-hydrogen) atoms. The fourth-order valence-electron chi connectivity index (χ4n) is 2.46. The van der Waals surface area contributed by atoms with E-state index in [-0.39, 0.29) is 11.5 Å². The van der Waals surface area contributed by atoms with Crippen molar-refractivity contribution >= 4 is 24.2 Å². The van der Waals surface area contributed by atoms with E-state index in [9.17, 15) is 19.2 Å². The van der Waals surface area contributed by atoms with Gasteiger partial charge in [0.1, 0.15) is 6.29 Å². The highest BCUT2D eigenvalue weighted by molar-refractivity contribution is 5.97. The second kappa shape index (κ2) is 11.2. The molecule has 2 N–H and O–H groups in total. The first-order chi connectivity index (χ1) is 14.5. The number of amides is 3. The summed E-state index contributed by atoms with van der Waals surface area (Å²) < 4.78 is 15.8. The Morgan fingerprint density at radius 3 is 2.43 bits per heavy atom. The lowest BCUT2D eigenvalue weighted by atomic mass is 10.1. The molecule has 0 heterocycles. The Labute approximate surface area is 173 Å². The van der Waals surface area contributed by atoms with Crippen LogP contribution in [0.2, 0.25) is 0 Å². The number of carbonyl (C=O) groups excluding carboxylic acids is 4. The van der Waals surface area contributed by atoms with Gasteiger partial charge >= 0.3 is 12.0 Å². The minimum absolute atomic E-state index is 0.225. The quantitative estimate of drug-likeness (QED) is 0.476. The van der Waals surface area contributed by atoms with Crippen molar-refractivity contribution < 1.29 is 33.4 Å². The Kier molecular flexibility index (Phi) is 8.37. The number of rotatable bonds is 9. The second-order valence-corrected chi connectivity index (χ2v) is 5.95. The molecule has 0 radical (unpaired) electrons. The van der Waals surface area contributed by atoms with Crippen molar-refractivity contribution in [2.24, 2.45) is 0 Å². The third kappa shape index (κ3) is 6.33. The number of imide groups is 1. The van der Waals surface area contributed by atoms with Gasteiger partial charge in [0, 0.05) is 17.7 Å². The van der Waals surface area contributed by atoms with E-state index in [0.29, 0.717) is 24.0 Å². The number of hydrogen-bond acceptors (Lipinski definition) is 7. The molecule has 0 spiro atoms. The first-order valence-electron chi connectivity index (χ1n) is 9.07. The average molecular weight is 414 g/mol. The number of carbonyl (C=O) groups is 4. The molecule has 2 aromatic carbocycles. The van der Waals surface area contributed by atoms with Crippen molar-refractivity contribution in [2.45, 2.75) is 13.0 Å². The lowest BCUT2D eigenvalue weighted by Gasteiger charge is -2.18. The largest absolute Gasteiger partial charge is 0.493 e. The van der Waals surface area contributed by atoms with Gasteiger partial charge in [0.25, 0.3) is 5.91 Å². The van der Waals surface area contributed by atoms with E-state index >= 15 is 0 Å². The Bertz CT molecular complexity index is 899. The standard InChI is InChI=1S/C21H22N2O7/c1-3-22-21(27)23-20(26)19(15-7-5-4-6-8-15)30-18(25)13-29-16-10-9-14(12-24)11-17(16)28-2/h4-12,19H,3,13H2,1-2H3,(H2,22,23,26,27)/t19-/m1/s1. The predicted octanol–water partition coefficient (Wildman–Crippen LogP) is 2.02. The number of methoxy groups -OCH3 is 1. The van der Waals surface area contributed by atoms with Gasteiger partial charge in [-0.1, -0.05) is 30.3 Å². The van der Waals surface area contributed by atoms with Crippen molar-refractivity contribution in [3.63, 3.8) is 0 Å². The van der Waals surface area contributed by atoms with Crippen LogP contribution in [0.25, 0.3) is 0 Å². The van der Waals surface area contributed by atoms with Crippen molar-refractivity contribution in [1.82, 2.24) is 10.6 Å². The molecule has 0 aliphatic rings. The zero-order chi connectivity index (χ0) is 21.9. The van der Waals surface area contributed by atoms with E-state index in [1.807, 2.05) is 0 Å². The molecule has 0 unspecified atom stereocenters. The number of benzene rings is 2. The van der Waals surface area contributed by atoms with Crippen LogP contribution in [0.1, 0.15) is 28.9 Å². The Morgan fingerprint density at radius 2 is 1.80 bits per heavy atom. The highest BCUT2D eigenvalue weighted by Gasteiger charge is 2.26. The van der Waals surface area contributed by atoms with Crippen LogP contribution < -0.4 is 20.1 Å². The zero-order valence-corrected chi connectivity index (χ0v) is 16.5. The van der Waals surface area contributed by atoms with Gasteiger partial charge in [-0.2, -0.15) is 0 Å². The lowest BCUT2D eigenvalue weighted by Crippen LogP contribution is -2.42. The molecule has 9 nitrogen and oxygen atoms in total. The molecular weight excluding hydrogens is 392 g/mol. The molecule has 0 bridgehead atoms. The summed E-state index contributed by atoms with van der Waals surface area (Å²) in [5, 5.41) is 4.56. The first-order valence-corrected chi connectivity index (χ1v) is 9.07. The van der Waals surface area contributed by atoms with Gasteiger partial charge in [0.05, 0.1) is 7.11 Å². The maximum Gasteiger partial charge on any atom is 0.345 e. The van der Waals surface area contributed by atoms with E-state index in [4.69, 9.17) is 14.2 Å². The van der Waals surface area contributed by atoms with Crippen LogP contribution in [0, 0.1) is 0 Å². The van der Waals surface area contributed by atoms with Gasteiger partial charge in [-0.15, -0.1) is 0 Å². The molecule has 0 aliphatic carbocycles. The summed E-state index contributed by atoms with van der Waals surface area (Å²) in [4.78, 5) is 47.3. The molecular formula is C21H22N2O7. The fraction of sp³-hybridized carbons (Fsp3) is 0.238. The topological polar surface area (TPSA) is 120 Å². The average Bonchev–Trinajstić information content (AvgIpc) is 2.76. The molecule has 0 saturated heterocycles. The number of hydrogen-bond donors (Lipinski definition) is 2.